The van der Waals surface area contributed by atoms with Crippen LogP contribution in [0.3, 0.4) is 0 Å². The predicted octanol–water partition coefficient (Wildman–Crippen LogP) is 3.46. The largest absolute Gasteiger partial charge is 0.497 e. The predicted molar refractivity (Wildman–Crippen MR) is 84.3 cm³/mol. The van der Waals surface area contributed by atoms with Crippen LogP contribution in [0.15, 0.2) is 54.6 Å². The van der Waals surface area contributed by atoms with E-state index in [0.29, 0.717) is 6.04 Å². The molecule has 1 unspecified atom stereocenters. The summed E-state index contributed by atoms with van der Waals surface area (Å²) in [4.78, 5) is 0. The molecule has 0 saturated carbocycles. The summed E-state index contributed by atoms with van der Waals surface area (Å²) < 4.78 is 5.29. The van der Waals surface area contributed by atoms with Crippen molar-refractivity contribution in [2.75, 3.05) is 13.7 Å². The average molecular weight is 269 g/mol. The van der Waals surface area contributed by atoms with Gasteiger partial charge in [0.05, 0.1) is 7.11 Å². The van der Waals surface area contributed by atoms with Crippen molar-refractivity contribution in [1.29, 1.82) is 0 Å². The van der Waals surface area contributed by atoms with Gasteiger partial charge in [-0.05, 0) is 42.6 Å². The smallest absolute Gasteiger partial charge is 0.119 e. The molecule has 1 N–H and O–H groups in total. The number of nitrogens with one attached hydrogen (secondary N) is 1. The van der Waals surface area contributed by atoms with Crippen LogP contribution in [0.1, 0.15) is 18.1 Å². The first-order chi connectivity index (χ1) is 9.81. The molecule has 0 amide bonds. The second-order valence-electron chi connectivity index (χ2n) is 5.00. The number of likely N-dealkylation sites (N-methyl/N-ethyl adjacent to an activating group) is 1. The maximum absolute atomic E-state index is 5.29. The number of methoxy groups -OCH3 is 1. The Morgan fingerprint density at radius 1 is 0.950 bits per heavy atom. The molecule has 2 aromatic rings. The fourth-order valence-electron chi connectivity index (χ4n) is 2.49. The molecule has 0 spiro atoms. The van der Waals surface area contributed by atoms with Gasteiger partial charge in [-0.25, -0.2) is 0 Å². The van der Waals surface area contributed by atoms with E-state index in [-0.39, 0.29) is 0 Å². The maximum Gasteiger partial charge on any atom is 0.119 e. The minimum Gasteiger partial charge on any atom is -0.497 e. The first-order valence-corrected chi connectivity index (χ1v) is 7.22. The van der Waals surface area contributed by atoms with Crippen molar-refractivity contribution in [3.05, 3.63) is 65.7 Å². The summed E-state index contributed by atoms with van der Waals surface area (Å²) in [6.07, 6.45) is 2.06. The Kier molecular flexibility index (Phi) is 5.63. The van der Waals surface area contributed by atoms with Gasteiger partial charge in [-0.2, -0.15) is 0 Å². The van der Waals surface area contributed by atoms with Crippen LogP contribution in [-0.2, 0) is 12.8 Å². The van der Waals surface area contributed by atoms with Crippen LogP contribution < -0.4 is 10.1 Å². The minimum atomic E-state index is 0.453. The Morgan fingerprint density at radius 3 is 2.35 bits per heavy atom. The molecule has 0 fully saturated rings. The molecule has 0 aliphatic heterocycles. The van der Waals surface area contributed by atoms with Gasteiger partial charge in [-0.15, -0.1) is 0 Å². The first-order valence-electron chi connectivity index (χ1n) is 7.22. The van der Waals surface area contributed by atoms with E-state index in [0.717, 1.165) is 25.1 Å². The lowest BCUT2D eigenvalue weighted by molar-refractivity contribution is 0.413. The van der Waals surface area contributed by atoms with Gasteiger partial charge in [-0.1, -0.05) is 49.4 Å². The summed E-state index contributed by atoms with van der Waals surface area (Å²) in [6.45, 7) is 3.14. The normalized spacial score (nSPS) is 12.1. The number of hydrogen-bond acceptors (Lipinski definition) is 2. The van der Waals surface area contributed by atoms with Crippen molar-refractivity contribution in [3.8, 4) is 5.75 Å². The van der Waals surface area contributed by atoms with Crippen LogP contribution in [0.2, 0.25) is 0 Å². The number of benzene rings is 2. The second kappa shape index (κ2) is 7.71. The number of ether oxygens (including phenoxy) is 1. The van der Waals surface area contributed by atoms with Crippen molar-refractivity contribution in [3.63, 3.8) is 0 Å². The van der Waals surface area contributed by atoms with Crippen molar-refractivity contribution in [2.45, 2.75) is 25.8 Å². The first kappa shape index (κ1) is 14.6. The molecule has 0 bridgehead atoms. The molecular weight excluding hydrogens is 246 g/mol. The molecule has 0 heterocycles. The average Bonchev–Trinajstić information content (AvgIpc) is 2.49. The molecule has 20 heavy (non-hydrogen) atoms. The van der Waals surface area contributed by atoms with Gasteiger partial charge in [0, 0.05) is 6.04 Å². The zero-order valence-electron chi connectivity index (χ0n) is 12.3. The maximum atomic E-state index is 5.29. The van der Waals surface area contributed by atoms with E-state index in [1.165, 1.54) is 11.1 Å². The molecule has 0 radical (unpaired) electrons. The molecule has 106 valence electrons. The summed E-state index contributed by atoms with van der Waals surface area (Å²) in [5.41, 5.74) is 2.69. The molecule has 2 heteroatoms. The lowest BCUT2D eigenvalue weighted by Crippen LogP contribution is -2.33. The molecule has 2 aromatic carbocycles. The molecule has 1 atom stereocenters. The van der Waals surface area contributed by atoms with Gasteiger partial charge in [0.1, 0.15) is 5.75 Å². The van der Waals surface area contributed by atoms with Crippen molar-refractivity contribution in [2.24, 2.45) is 0 Å². The summed E-state index contributed by atoms with van der Waals surface area (Å²) in [6, 6.07) is 19.4. The highest BCUT2D eigenvalue weighted by molar-refractivity contribution is 5.29. The molecule has 0 aromatic heterocycles. The third-order valence-corrected chi connectivity index (χ3v) is 3.43. The van der Waals surface area contributed by atoms with E-state index in [9.17, 15) is 0 Å². The number of hydrogen-bond donors (Lipinski definition) is 1. The van der Waals surface area contributed by atoms with Crippen LogP contribution in [0.5, 0.6) is 5.75 Å². The number of rotatable bonds is 7. The lowest BCUT2D eigenvalue weighted by Gasteiger charge is -2.18. The Bertz CT molecular complexity index is 510. The van der Waals surface area contributed by atoms with E-state index in [2.05, 4.69) is 60.8 Å². The SMILES string of the molecule is CCNC(Cc1ccccc1)Cc1cccc(OC)c1. The van der Waals surface area contributed by atoms with E-state index >= 15 is 0 Å². The second-order valence-corrected chi connectivity index (χ2v) is 5.00. The topological polar surface area (TPSA) is 21.3 Å². The molecule has 0 aliphatic rings. The monoisotopic (exact) mass is 269 g/mol. The summed E-state index contributed by atoms with van der Waals surface area (Å²) in [5.74, 6) is 0.928. The Hall–Kier alpha value is -1.80. The quantitative estimate of drug-likeness (QED) is 0.831. The van der Waals surface area contributed by atoms with Gasteiger partial charge in [0.25, 0.3) is 0 Å². The molecule has 0 aliphatic carbocycles. The third kappa shape index (κ3) is 4.39. The Balaban J connectivity index is 2.04. The van der Waals surface area contributed by atoms with Gasteiger partial charge in [0.15, 0.2) is 0 Å². The van der Waals surface area contributed by atoms with Crippen LogP contribution in [0, 0.1) is 0 Å². The van der Waals surface area contributed by atoms with Crippen LogP contribution in [-0.4, -0.2) is 19.7 Å². The van der Waals surface area contributed by atoms with E-state index in [4.69, 9.17) is 4.74 Å². The van der Waals surface area contributed by atoms with Gasteiger partial charge in [0.2, 0.25) is 0 Å². The molecule has 0 saturated heterocycles. The summed E-state index contributed by atoms with van der Waals surface area (Å²) >= 11 is 0. The highest BCUT2D eigenvalue weighted by Crippen LogP contribution is 2.15. The van der Waals surface area contributed by atoms with Crippen molar-refractivity contribution in [1.82, 2.24) is 5.32 Å². The van der Waals surface area contributed by atoms with Crippen LogP contribution >= 0.6 is 0 Å². The molecule has 2 nitrogen and oxygen atoms in total. The summed E-state index contributed by atoms with van der Waals surface area (Å²) in [7, 11) is 1.71. The standard InChI is InChI=1S/C18H23NO/c1-3-19-17(12-15-8-5-4-6-9-15)13-16-10-7-11-18(14-16)20-2/h4-11,14,17,19H,3,12-13H2,1-2H3. The lowest BCUT2D eigenvalue weighted by atomic mass is 9.99. The van der Waals surface area contributed by atoms with Gasteiger partial charge >= 0.3 is 0 Å². The van der Waals surface area contributed by atoms with Crippen molar-refractivity contribution < 1.29 is 4.74 Å². The molecular formula is C18H23NO. The van der Waals surface area contributed by atoms with E-state index in [1.54, 1.807) is 7.11 Å². The zero-order valence-corrected chi connectivity index (χ0v) is 12.3. The van der Waals surface area contributed by atoms with Crippen molar-refractivity contribution >= 4 is 0 Å². The van der Waals surface area contributed by atoms with Crippen LogP contribution in [0.25, 0.3) is 0 Å². The highest BCUT2D eigenvalue weighted by Gasteiger charge is 2.10. The third-order valence-electron chi connectivity index (χ3n) is 3.43. The Labute approximate surface area is 121 Å². The van der Waals surface area contributed by atoms with Gasteiger partial charge < -0.3 is 10.1 Å². The van der Waals surface area contributed by atoms with E-state index < -0.39 is 0 Å². The van der Waals surface area contributed by atoms with E-state index in [1.807, 2.05) is 6.07 Å². The fraction of sp³-hybridized carbons (Fsp3) is 0.333. The fourth-order valence-corrected chi connectivity index (χ4v) is 2.49. The van der Waals surface area contributed by atoms with Gasteiger partial charge in [-0.3, -0.25) is 0 Å². The highest BCUT2D eigenvalue weighted by atomic mass is 16.5. The summed E-state index contributed by atoms with van der Waals surface area (Å²) in [5, 5.41) is 3.58. The minimum absolute atomic E-state index is 0.453. The van der Waals surface area contributed by atoms with Crippen LogP contribution in [0.4, 0.5) is 0 Å². The molecule has 2 rings (SSSR count). The Morgan fingerprint density at radius 2 is 1.65 bits per heavy atom. The zero-order chi connectivity index (χ0) is 14.2.